The van der Waals surface area contributed by atoms with Crippen LogP contribution in [0.5, 0.6) is 0 Å². The molecule has 0 fully saturated rings. The molecule has 1 atom stereocenters. The van der Waals surface area contributed by atoms with Crippen molar-refractivity contribution in [2.75, 3.05) is 26.7 Å². The van der Waals surface area contributed by atoms with Crippen molar-refractivity contribution in [2.45, 2.75) is 12.5 Å². The van der Waals surface area contributed by atoms with Crippen molar-refractivity contribution in [1.82, 2.24) is 10.2 Å². The molecule has 0 bridgehead atoms. The van der Waals surface area contributed by atoms with Crippen LogP contribution in [-0.4, -0.2) is 42.8 Å². The average molecular weight is 232 g/mol. The monoisotopic (exact) mass is 232 g/mol. The van der Waals surface area contributed by atoms with Gasteiger partial charge in [-0.3, -0.25) is 0 Å². The predicted molar refractivity (Wildman–Crippen MR) is 70.7 cm³/mol. The molecular formula is C14H20N2O. The van der Waals surface area contributed by atoms with Crippen LogP contribution in [0.15, 0.2) is 24.3 Å². The molecule has 1 aliphatic rings. The van der Waals surface area contributed by atoms with Crippen LogP contribution in [0.1, 0.15) is 6.42 Å². The first kappa shape index (κ1) is 12.1. The summed E-state index contributed by atoms with van der Waals surface area (Å²) in [7, 11) is 1.86. The molecule has 0 saturated heterocycles. The number of nitrogens with one attached hydrogen (secondary N) is 1. The number of aliphatic hydroxyl groups is 1. The fourth-order valence-electron chi connectivity index (χ4n) is 2.18. The van der Waals surface area contributed by atoms with Gasteiger partial charge < -0.3 is 15.3 Å². The van der Waals surface area contributed by atoms with Gasteiger partial charge in [-0.05, 0) is 23.9 Å². The van der Waals surface area contributed by atoms with Gasteiger partial charge in [0.05, 0.1) is 6.10 Å². The summed E-state index contributed by atoms with van der Waals surface area (Å²) in [4.78, 5) is 2.20. The molecule has 17 heavy (non-hydrogen) atoms. The van der Waals surface area contributed by atoms with Gasteiger partial charge in [-0.25, -0.2) is 0 Å². The number of aliphatic hydroxyl groups excluding tert-OH is 1. The molecule has 0 aliphatic carbocycles. The highest BCUT2D eigenvalue weighted by Crippen LogP contribution is 1.98. The van der Waals surface area contributed by atoms with E-state index in [0.717, 1.165) is 13.0 Å². The second kappa shape index (κ2) is 5.84. The van der Waals surface area contributed by atoms with E-state index >= 15 is 0 Å². The topological polar surface area (TPSA) is 35.5 Å². The summed E-state index contributed by atoms with van der Waals surface area (Å²) in [5.74, 6) is 0. The summed E-state index contributed by atoms with van der Waals surface area (Å²) in [6.07, 6.45) is 5.12. The van der Waals surface area contributed by atoms with E-state index in [9.17, 15) is 5.11 Å². The molecule has 92 valence electrons. The lowest BCUT2D eigenvalue weighted by Crippen LogP contribution is -2.36. The van der Waals surface area contributed by atoms with Gasteiger partial charge in [-0.15, -0.1) is 0 Å². The SMILES string of the molecule is CNC[C@@H](O)CN1C=c2ccccc2=CCC1. The minimum absolute atomic E-state index is 0.318. The zero-order chi connectivity index (χ0) is 12.1. The molecule has 1 aromatic carbocycles. The predicted octanol–water partition coefficient (Wildman–Crippen LogP) is -0.509. The normalized spacial score (nSPS) is 16.5. The molecule has 1 aliphatic heterocycles. The minimum Gasteiger partial charge on any atom is -0.390 e. The fraction of sp³-hybridized carbons (Fsp3) is 0.429. The fourth-order valence-corrected chi connectivity index (χ4v) is 2.18. The van der Waals surface area contributed by atoms with Crippen LogP contribution in [0.2, 0.25) is 0 Å². The molecular weight excluding hydrogens is 212 g/mol. The summed E-state index contributed by atoms with van der Waals surface area (Å²) in [5, 5.41) is 15.3. The zero-order valence-corrected chi connectivity index (χ0v) is 10.3. The smallest absolute Gasteiger partial charge is 0.0838 e. The number of fused-ring (bicyclic) bond motifs is 1. The molecule has 0 aromatic heterocycles. The number of β-amino-alcohol motifs (C(OH)–C–C–N with tert-alkyl or cyclic N) is 1. The Morgan fingerprint density at radius 2 is 2.12 bits per heavy atom. The lowest BCUT2D eigenvalue weighted by Gasteiger charge is -2.22. The van der Waals surface area contributed by atoms with E-state index < -0.39 is 0 Å². The second-order valence-corrected chi connectivity index (χ2v) is 4.46. The molecule has 3 nitrogen and oxygen atoms in total. The molecule has 0 spiro atoms. The third-order valence-corrected chi connectivity index (χ3v) is 2.98. The number of hydrogen-bond donors (Lipinski definition) is 2. The van der Waals surface area contributed by atoms with E-state index in [0.29, 0.717) is 13.1 Å². The zero-order valence-electron chi connectivity index (χ0n) is 10.3. The third kappa shape index (κ3) is 3.32. The van der Waals surface area contributed by atoms with E-state index in [4.69, 9.17) is 0 Å². The molecule has 2 N–H and O–H groups in total. The molecule has 1 aromatic rings. The number of benzene rings is 1. The molecule has 0 unspecified atom stereocenters. The van der Waals surface area contributed by atoms with Crippen LogP contribution in [-0.2, 0) is 0 Å². The van der Waals surface area contributed by atoms with Crippen LogP contribution in [0.25, 0.3) is 12.3 Å². The minimum atomic E-state index is -0.318. The van der Waals surface area contributed by atoms with Gasteiger partial charge in [0.1, 0.15) is 0 Å². The third-order valence-electron chi connectivity index (χ3n) is 2.98. The molecule has 0 radical (unpaired) electrons. The van der Waals surface area contributed by atoms with Crippen molar-refractivity contribution < 1.29 is 5.11 Å². The summed E-state index contributed by atoms with van der Waals surface area (Å²) >= 11 is 0. The maximum atomic E-state index is 9.81. The van der Waals surface area contributed by atoms with Gasteiger partial charge in [-0.2, -0.15) is 0 Å². The highest BCUT2D eigenvalue weighted by molar-refractivity contribution is 5.34. The Kier molecular flexibility index (Phi) is 4.18. The van der Waals surface area contributed by atoms with Gasteiger partial charge in [0.25, 0.3) is 0 Å². The first-order valence-corrected chi connectivity index (χ1v) is 6.13. The Labute approximate surface area is 102 Å². The molecule has 3 heteroatoms. The quantitative estimate of drug-likeness (QED) is 0.734. The first-order valence-electron chi connectivity index (χ1n) is 6.13. The lowest BCUT2D eigenvalue weighted by atomic mass is 10.2. The largest absolute Gasteiger partial charge is 0.390 e. The van der Waals surface area contributed by atoms with Crippen LogP contribution in [0.4, 0.5) is 0 Å². The second-order valence-electron chi connectivity index (χ2n) is 4.46. The molecule has 0 saturated carbocycles. The number of rotatable bonds is 4. The van der Waals surface area contributed by atoms with Crippen molar-refractivity contribution in [3.63, 3.8) is 0 Å². The number of likely N-dealkylation sites (N-methyl/N-ethyl adjacent to an activating group) is 1. The molecule has 0 amide bonds. The van der Waals surface area contributed by atoms with Crippen LogP contribution < -0.4 is 15.8 Å². The van der Waals surface area contributed by atoms with Crippen molar-refractivity contribution in [3.05, 3.63) is 34.7 Å². The average Bonchev–Trinajstić information content (AvgIpc) is 2.50. The van der Waals surface area contributed by atoms with E-state index in [-0.39, 0.29) is 6.10 Å². The highest BCUT2D eigenvalue weighted by Gasteiger charge is 2.08. The van der Waals surface area contributed by atoms with Crippen molar-refractivity contribution in [1.29, 1.82) is 0 Å². The maximum Gasteiger partial charge on any atom is 0.0838 e. The maximum absolute atomic E-state index is 9.81. The number of hydrogen-bond acceptors (Lipinski definition) is 3. The van der Waals surface area contributed by atoms with Gasteiger partial charge in [0.15, 0.2) is 0 Å². The van der Waals surface area contributed by atoms with E-state index in [1.165, 1.54) is 10.4 Å². The van der Waals surface area contributed by atoms with Crippen LogP contribution >= 0.6 is 0 Å². The first-order chi connectivity index (χ1) is 8.29. The Balaban J connectivity index is 2.16. The summed E-state index contributed by atoms with van der Waals surface area (Å²) < 4.78 is 0. The summed E-state index contributed by atoms with van der Waals surface area (Å²) in [6, 6.07) is 8.37. The van der Waals surface area contributed by atoms with Crippen molar-refractivity contribution in [3.8, 4) is 0 Å². The Bertz CT molecular complexity index is 469. The summed E-state index contributed by atoms with van der Waals surface area (Å²) in [6.45, 7) is 2.29. The van der Waals surface area contributed by atoms with Crippen LogP contribution in [0.3, 0.4) is 0 Å². The van der Waals surface area contributed by atoms with Crippen molar-refractivity contribution in [2.24, 2.45) is 0 Å². The highest BCUT2D eigenvalue weighted by atomic mass is 16.3. The van der Waals surface area contributed by atoms with Crippen LogP contribution in [0, 0.1) is 0 Å². The van der Waals surface area contributed by atoms with Crippen molar-refractivity contribution >= 4 is 12.3 Å². The Morgan fingerprint density at radius 3 is 2.88 bits per heavy atom. The lowest BCUT2D eigenvalue weighted by molar-refractivity contribution is 0.142. The summed E-state index contributed by atoms with van der Waals surface area (Å²) in [5.41, 5.74) is 0. The van der Waals surface area contributed by atoms with Gasteiger partial charge >= 0.3 is 0 Å². The Morgan fingerprint density at radius 1 is 1.35 bits per heavy atom. The number of nitrogens with zero attached hydrogens (tertiary/aromatic N) is 1. The van der Waals surface area contributed by atoms with E-state index in [1.807, 2.05) is 7.05 Å². The van der Waals surface area contributed by atoms with E-state index in [1.54, 1.807) is 0 Å². The van der Waals surface area contributed by atoms with E-state index in [2.05, 4.69) is 46.8 Å². The molecule has 2 rings (SSSR count). The molecule has 1 heterocycles. The van der Waals surface area contributed by atoms with Gasteiger partial charge in [0.2, 0.25) is 0 Å². The van der Waals surface area contributed by atoms with Gasteiger partial charge in [-0.1, -0.05) is 30.3 Å². The Hall–Kier alpha value is -1.32. The van der Waals surface area contributed by atoms with Gasteiger partial charge in [0, 0.05) is 25.8 Å². The standard InChI is InChI=1S/C14H20N2O/c1-15-9-14(17)11-16-8-4-7-12-5-2-3-6-13(12)10-16/h2-3,5-7,10,14-15,17H,4,8-9,11H2,1H3/t14-/m1/s1.